The molecule has 1 aliphatic carbocycles. The van der Waals surface area contributed by atoms with Gasteiger partial charge in [-0.25, -0.2) is 9.78 Å². The van der Waals surface area contributed by atoms with Gasteiger partial charge >= 0.3 is 5.97 Å². The SMILES string of the molecule is Cc1nc(CCNCC2CC=CCC2)sc1C(=O)O. The van der Waals surface area contributed by atoms with Crippen molar-refractivity contribution in [2.45, 2.75) is 32.6 Å². The number of aromatic nitrogens is 1. The lowest BCUT2D eigenvalue weighted by molar-refractivity contribution is 0.0701. The predicted molar refractivity (Wildman–Crippen MR) is 76.9 cm³/mol. The van der Waals surface area contributed by atoms with Crippen LogP contribution in [0.2, 0.25) is 0 Å². The highest BCUT2D eigenvalue weighted by Gasteiger charge is 2.14. The van der Waals surface area contributed by atoms with Crippen LogP contribution in [0.4, 0.5) is 0 Å². The summed E-state index contributed by atoms with van der Waals surface area (Å²) in [5, 5.41) is 13.3. The molecule has 2 rings (SSSR count). The van der Waals surface area contributed by atoms with E-state index in [-0.39, 0.29) is 0 Å². The Bertz CT molecular complexity index is 468. The molecule has 19 heavy (non-hydrogen) atoms. The summed E-state index contributed by atoms with van der Waals surface area (Å²) in [4.78, 5) is 15.6. The number of carboxylic acids is 1. The number of hydrogen-bond acceptors (Lipinski definition) is 4. The van der Waals surface area contributed by atoms with Crippen LogP contribution in [0.3, 0.4) is 0 Å². The minimum absolute atomic E-state index is 0.368. The van der Waals surface area contributed by atoms with Gasteiger partial charge in [-0.1, -0.05) is 12.2 Å². The molecule has 0 spiro atoms. The molecule has 1 aromatic rings. The minimum atomic E-state index is -0.872. The number of aromatic carboxylic acids is 1. The lowest BCUT2D eigenvalue weighted by Gasteiger charge is -2.17. The summed E-state index contributed by atoms with van der Waals surface area (Å²) < 4.78 is 0. The molecule has 0 fully saturated rings. The summed E-state index contributed by atoms with van der Waals surface area (Å²) in [6.45, 7) is 3.66. The van der Waals surface area contributed by atoms with Crippen LogP contribution >= 0.6 is 11.3 Å². The Morgan fingerprint density at radius 1 is 1.58 bits per heavy atom. The van der Waals surface area contributed by atoms with Crippen molar-refractivity contribution in [2.75, 3.05) is 13.1 Å². The molecule has 4 nitrogen and oxygen atoms in total. The highest BCUT2D eigenvalue weighted by atomic mass is 32.1. The van der Waals surface area contributed by atoms with Crippen LogP contribution in [0.25, 0.3) is 0 Å². The Kier molecular flexibility index (Phi) is 5.10. The molecule has 2 N–H and O–H groups in total. The van der Waals surface area contributed by atoms with E-state index >= 15 is 0 Å². The minimum Gasteiger partial charge on any atom is -0.477 e. The normalized spacial score (nSPS) is 18.7. The third kappa shape index (κ3) is 4.14. The van der Waals surface area contributed by atoms with Crippen molar-refractivity contribution in [1.29, 1.82) is 0 Å². The second-order valence-corrected chi connectivity index (χ2v) is 6.02. The fraction of sp³-hybridized carbons (Fsp3) is 0.571. The number of thiazole rings is 1. The van der Waals surface area contributed by atoms with E-state index in [9.17, 15) is 4.79 Å². The molecular formula is C14H20N2O2S. The first-order valence-electron chi connectivity index (χ1n) is 6.72. The van der Waals surface area contributed by atoms with Gasteiger partial charge in [0, 0.05) is 13.0 Å². The number of rotatable bonds is 6. The second-order valence-electron chi connectivity index (χ2n) is 4.93. The van der Waals surface area contributed by atoms with Crippen molar-refractivity contribution >= 4 is 17.3 Å². The van der Waals surface area contributed by atoms with E-state index in [1.54, 1.807) is 6.92 Å². The van der Waals surface area contributed by atoms with Gasteiger partial charge in [0.05, 0.1) is 10.7 Å². The average Bonchev–Trinajstić information content (AvgIpc) is 2.77. The van der Waals surface area contributed by atoms with Crippen LogP contribution in [0, 0.1) is 12.8 Å². The highest BCUT2D eigenvalue weighted by Crippen LogP contribution is 2.19. The van der Waals surface area contributed by atoms with Crippen LogP contribution in [-0.2, 0) is 6.42 Å². The van der Waals surface area contributed by atoms with E-state index in [2.05, 4.69) is 22.5 Å². The third-order valence-corrected chi connectivity index (χ3v) is 4.57. The van der Waals surface area contributed by atoms with Gasteiger partial charge in [-0.05, 0) is 38.6 Å². The molecule has 0 radical (unpaired) electrons. The fourth-order valence-corrected chi connectivity index (χ4v) is 3.20. The van der Waals surface area contributed by atoms with Crippen molar-refractivity contribution in [1.82, 2.24) is 10.3 Å². The van der Waals surface area contributed by atoms with E-state index in [1.807, 2.05) is 0 Å². The fourth-order valence-electron chi connectivity index (χ4n) is 2.30. The first-order valence-corrected chi connectivity index (χ1v) is 7.53. The van der Waals surface area contributed by atoms with Crippen LogP contribution < -0.4 is 5.32 Å². The maximum atomic E-state index is 10.9. The van der Waals surface area contributed by atoms with E-state index < -0.39 is 5.97 Å². The van der Waals surface area contributed by atoms with Crippen LogP contribution in [0.1, 0.15) is 39.6 Å². The van der Waals surface area contributed by atoms with Crippen LogP contribution in [0.15, 0.2) is 12.2 Å². The van der Waals surface area contributed by atoms with Crippen molar-refractivity contribution in [3.63, 3.8) is 0 Å². The molecule has 1 atom stereocenters. The van der Waals surface area contributed by atoms with Crippen LogP contribution in [0.5, 0.6) is 0 Å². The standard InChI is InChI=1S/C14H20N2O2S/c1-10-13(14(17)18)19-12(16-10)7-8-15-9-11-5-3-2-4-6-11/h2-3,11,15H,4-9H2,1H3,(H,17,18). The smallest absolute Gasteiger partial charge is 0.347 e. The van der Waals surface area contributed by atoms with Gasteiger partial charge in [-0.15, -0.1) is 11.3 Å². The molecule has 0 bridgehead atoms. The number of aryl methyl sites for hydroxylation is 1. The first-order chi connectivity index (χ1) is 9.16. The number of nitrogens with one attached hydrogen (secondary N) is 1. The molecule has 1 aromatic heterocycles. The zero-order chi connectivity index (χ0) is 13.7. The van der Waals surface area contributed by atoms with Gasteiger partial charge in [0.2, 0.25) is 0 Å². The Balaban J connectivity index is 1.72. The van der Waals surface area contributed by atoms with Crippen molar-refractivity contribution in [3.8, 4) is 0 Å². The molecular weight excluding hydrogens is 260 g/mol. The van der Waals surface area contributed by atoms with Gasteiger partial charge < -0.3 is 10.4 Å². The summed E-state index contributed by atoms with van der Waals surface area (Å²) in [5.74, 6) is -0.124. The lowest BCUT2D eigenvalue weighted by Crippen LogP contribution is -2.25. The quantitative estimate of drug-likeness (QED) is 0.621. The third-order valence-electron chi connectivity index (χ3n) is 3.36. The maximum Gasteiger partial charge on any atom is 0.347 e. The van der Waals surface area contributed by atoms with Gasteiger partial charge in [-0.2, -0.15) is 0 Å². The number of hydrogen-bond donors (Lipinski definition) is 2. The largest absolute Gasteiger partial charge is 0.477 e. The molecule has 104 valence electrons. The Morgan fingerprint density at radius 2 is 2.42 bits per heavy atom. The molecule has 1 unspecified atom stereocenters. The Hall–Kier alpha value is -1.20. The topological polar surface area (TPSA) is 62.2 Å². The van der Waals surface area contributed by atoms with E-state index in [0.29, 0.717) is 10.6 Å². The number of allylic oxidation sites excluding steroid dienone is 2. The average molecular weight is 280 g/mol. The van der Waals surface area contributed by atoms with Gasteiger partial charge in [-0.3, -0.25) is 0 Å². The van der Waals surface area contributed by atoms with Gasteiger partial charge in [0.15, 0.2) is 0 Å². The Morgan fingerprint density at radius 3 is 3.05 bits per heavy atom. The molecule has 1 aliphatic rings. The zero-order valence-electron chi connectivity index (χ0n) is 11.2. The summed E-state index contributed by atoms with van der Waals surface area (Å²) in [7, 11) is 0. The number of carboxylic acid groups (broad SMARTS) is 1. The summed E-state index contributed by atoms with van der Waals surface area (Å²) in [5.41, 5.74) is 0.630. The number of nitrogens with zero attached hydrogens (tertiary/aromatic N) is 1. The van der Waals surface area contributed by atoms with Gasteiger partial charge in [0.25, 0.3) is 0 Å². The van der Waals surface area contributed by atoms with Crippen molar-refractivity contribution in [3.05, 3.63) is 27.7 Å². The monoisotopic (exact) mass is 280 g/mol. The van der Waals surface area contributed by atoms with Crippen LogP contribution in [-0.4, -0.2) is 29.1 Å². The summed E-state index contributed by atoms with van der Waals surface area (Å²) in [6, 6.07) is 0. The predicted octanol–water partition coefficient (Wildman–Crippen LogP) is 2.64. The van der Waals surface area contributed by atoms with Crippen molar-refractivity contribution in [2.24, 2.45) is 5.92 Å². The number of carbonyl (C=O) groups is 1. The van der Waals surface area contributed by atoms with E-state index in [1.165, 1.54) is 30.6 Å². The molecule has 0 saturated carbocycles. The molecule has 0 aromatic carbocycles. The summed E-state index contributed by atoms with van der Waals surface area (Å²) >= 11 is 1.29. The van der Waals surface area contributed by atoms with E-state index in [4.69, 9.17) is 5.11 Å². The van der Waals surface area contributed by atoms with Gasteiger partial charge in [0.1, 0.15) is 4.88 Å². The molecule has 1 heterocycles. The Labute approximate surface area is 117 Å². The second kappa shape index (κ2) is 6.82. The maximum absolute atomic E-state index is 10.9. The lowest BCUT2D eigenvalue weighted by atomic mass is 9.94. The zero-order valence-corrected chi connectivity index (χ0v) is 12.0. The van der Waals surface area contributed by atoms with E-state index in [0.717, 1.165) is 30.4 Å². The van der Waals surface area contributed by atoms with Crippen molar-refractivity contribution < 1.29 is 9.90 Å². The first kappa shape index (κ1) is 14.2. The molecule has 0 saturated heterocycles. The summed E-state index contributed by atoms with van der Waals surface area (Å²) in [6.07, 6.45) is 8.96. The molecule has 0 aliphatic heterocycles. The molecule has 5 heteroatoms. The molecule has 0 amide bonds. The highest BCUT2D eigenvalue weighted by molar-refractivity contribution is 7.13.